The zero-order valence-electron chi connectivity index (χ0n) is 11.1. The van der Waals surface area contributed by atoms with Crippen LogP contribution in [0.1, 0.15) is 11.1 Å². The van der Waals surface area contributed by atoms with E-state index in [1.165, 1.54) is 0 Å². The third kappa shape index (κ3) is 3.41. The van der Waals surface area contributed by atoms with Gasteiger partial charge in [-0.3, -0.25) is 5.41 Å². The van der Waals surface area contributed by atoms with Gasteiger partial charge < -0.3 is 20.3 Å². The minimum atomic E-state index is -0.0432. The number of benzene rings is 2. The van der Waals surface area contributed by atoms with E-state index in [0.717, 1.165) is 5.56 Å². The highest BCUT2D eigenvalue weighted by molar-refractivity contribution is 5.95. The predicted octanol–water partition coefficient (Wildman–Crippen LogP) is 2.26. The van der Waals surface area contributed by atoms with Crippen molar-refractivity contribution >= 4 is 5.84 Å². The minimum absolute atomic E-state index is 0.0432. The fourth-order valence-electron chi connectivity index (χ4n) is 1.69. The summed E-state index contributed by atoms with van der Waals surface area (Å²) in [5.41, 5.74) is 6.95. The number of phenolic OH excluding ortho intramolecular Hbond substituents is 1. The van der Waals surface area contributed by atoms with E-state index in [2.05, 4.69) is 0 Å². The minimum Gasteiger partial charge on any atom is -0.508 e. The molecule has 5 nitrogen and oxygen atoms in total. The van der Waals surface area contributed by atoms with Crippen molar-refractivity contribution in [1.29, 1.82) is 5.41 Å². The molecule has 0 aromatic heterocycles. The van der Waals surface area contributed by atoms with E-state index < -0.39 is 0 Å². The maximum absolute atomic E-state index is 9.21. The molecule has 0 bridgehead atoms. The molecule has 0 radical (unpaired) electrons. The summed E-state index contributed by atoms with van der Waals surface area (Å²) in [6.45, 7) is 0.352. The Balaban J connectivity index is 2.14. The molecule has 0 saturated heterocycles. The van der Waals surface area contributed by atoms with Gasteiger partial charge in [-0.15, -0.1) is 0 Å². The SMILES string of the molecule is COc1cc(OCc2ccc(O)cc2)cc(C(=N)N)c1. The number of aromatic hydroxyl groups is 1. The molecule has 0 amide bonds. The Hall–Kier alpha value is -2.69. The van der Waals surface area contributed by atoms with Gasteiger partial charge in [-0.05, 0) is 29.8 Å². The molecular formula is C15H16N2O3. The van der Waals surface area contributed by atoms with Gasteiger partial charge in [0.25, 0.3) is 0 Å². The van der Waals surface area contributed by atoms with Crippen molar-refractivity contribution in [3.8, 4) is 17.2 Å². The summed E-state index contributed by atoms with van der Waals surface area (Å²) in [5.74, 6) is 1.33. The molecule has 20 heavy (non-hydrogen) atoms. The molecule has 0 heterocycles. The topological polar surface area (TPSA) is 88.6 Å². The van der Waals surface area contributed by atoms with Gasteiger partial charge in [0.15, 0.2) is 0 Å². The highest BCUT2D eigenvalue weighted by Crippen LogP contribution is 2.23. The second-order valence-corrected chi connectivity index (χ2v) is 4.27. The Labute approximate surface area is 117 Å². The Kier molecular flexibility index (Phi) is 4.10. The fourth-order valence-corrected chi connectivity index (χ4v) is 1.69. The molecule has 0 spiro atoms. The maximum atomic E-state index is 9.21. The number of rotatable bonds is 5. The van der Waals surface area contributed by atoms with Gasteiger partial charge in [-0.1, -0.05) is 12.1 Å². The molecular weight excluding hydrogens is 256 g/mol. The highest BCUT2D eigenvalue weighted by Gasteiger charge is 2.05. The number of nitrogens with two attached hydrogens (primary N) is 1. The average Bonchev–Trinajstić information content (AvgIpc) is 2.46. The van der Waals surface area contributed by atoms with Crippen LogP contribution < -0.4 is 15.2 Å². The summed E-state index contributed by atoms with van der Waals surface area (Å²) < 4.78 is 10.8. The van der Waals surface area contributed by atoms with E-state index >= 15 is 0 Å². The highest BCUT2D eigenvalue weighted by atomic mass is 16.5. The summed E-state index contributed by atoms with van der Waals surface area (Å²) in [7, 11) is 1.54. The normalized spacial score (nSPS) is 10.1. The number of hydrogen-bond acceptors (Lipinski definition) is 4. The van der Waals surface area contributed by atoms with Crippen molar-refractivity contribution in [3.05, 3.63) is 53.6 Å². The molecule has 104 valence electrons. The second-order valence-electron chi connectivity index (χ2n) is 4.27. The van der Waals surface area contributed by atoms with Crippen molar-refractivity contribution in [3.63, 3.8) is 0 Å². The van der Waals surface area contributed by atoms with Gasteiger partial charge in [0.05, 0.1) is 7.11 Å². The summed E-state index contributed by atoms with van der Waals surface area (Å²) in [5, 5.41) is 16.7. The first kappa shape index (κ1) is 13.7. The fraction of sp³-hybridized carbons (Fsp3) is 0.133. The zero-order chi connectivity index (χ0) is 14.5. The van der Waals surface area contributed by atoms with Gasteiger partial charge in [-0.25, -0.2) is 0 Å². The summed E-state index contributed by atoms with van der Waals surface area (Å²) >= 11 is 0. The van der Waals surface area contributed by atoms with Crippen LogP contribution in [0.2, 0.25) is 0 Å². The summed E-state index contributed by atoms with van der Waals surface area (Å²) in [6, 6.07) is 11.9. The molecule has 2 rings (SSSR count). The second kappa shape index (κ2) is 5.97. The van der Waals surface area contributed by atoms with Crippen molar-refractivity contribution < 1.29 is 14.6 Å². The zero-order valence-corrected chi connectivity index (χ0v) is 11.1. The van der Waals surface area contributed by atoms with Crippen LogP contribution in [-0.4, -0.2) is 18.1 Å². The van der Waals surface area contributed by atoms with Gasteiger partial charge in [-0.2, -0.15) is 0 Å². The Morgan fingerprint density at radius 1 is 1.15 bits per heavy atom. The maximum Gasteiger partial charge on any atom is 0.124 e. The molecule has 0 atom stereocenters. The summed E-state index contributed by atoms with van der Waals surface area (Å²) in [6.07, 6.45) is 0. The van der Waals surface area contributed by atoms with E-state index in [9.17, 15) is 5.11 Å². The monoisotopic (exact) mass is 272 g/mol. The molecule has 0 aliphatic rings. The van der Waals surface area contributed by atoms with E-state index in [1.54, 1.807) is 49.6 Å². The van der Waals surface area contributed by atoms with E-state index in [-0.39, 0.29) is 11.6 Å². The lowest BCUT2D eigenvalue weighted by Gasteiger charge is -2.10. The molecule has 0 unspecified atom stereocenters. The van der Waals surface area contributed by atoms with Crippen LogP contribution in [-0.2, 0) is 6.61 Å². The Bertz CT molecular complexity index is 609. The molecule has 4 N–H and O–H groups in total. The third-order valence-corrected chi connectivity index (χ3v) is 2.77. The molecule has 0 aliphatic carbocycles. The quantitative estimate of drug-likeness (QED) is 0.575. The van der Waals surface area contributed by atoms with Crippen LogP contribution in [0.25, 0.3) is 0 Å². The van der Waals surface area contributed by atoms with Crippen LogP contribution in [0, 0.1) is 5.41 Å². The molecule has 0 fully saturated rings. The van der Waals surface area contributed by atoms with Crippen LogP contribution >= 0.6 is 0 Å². The molecule has 0 aliphatic heterocycles. The Morgan fingerprint density at radius 3 is 2.40 bits per heavy atom. The lowest BCUT2D eigenvalue weighted by molar-refractivity contribution is 0.303. The van der Waals surface area contributed by atoms with Crippen molar-refractivity contribution in [2.45, 2.75) is 6.61 Å². The van der Waals surface area contributed by atoms with E-state index in [0.29, 0.717) is 23.7 Å². The largest absolute Gasteiger partial charge is 0.508 e. The smallest absolute Gasteiger partial charge is 0.124 e. The van der Waals surface area contributed by atoms with Crippen molar-refractivity contribution in [2.75, 3.05) is 7.11 Å². The predicted molar refractivity (Wildman–Crippen MR) is 76.4 cm³/mol. The van der Waals surface area contributed by atoms with Crippen LogP contribution in [0.15, 0.2) is 42.5 Å². The lowest BCUT2D eigenvalue weighted by atomic mass is 10.2. The van der Waals surface area contributed by atoms with Gasteiger partial charge in [0, 0.05) is 11.6 Å². The van der Waals surface area contributed by atoms with E-state index in [1.807, 2.05) is 0 Å². The van der Waals surface area contributed by atoms with Gasteiger partial charge in [0.1, 0.15) is 29.7 Å². The summed E-state index contributed by atoms with van der Waals surface area (Å²) in [4.78, 5) is 0. The van der Waals surface area contributed by atoms with Crippen LogP contribution in [0.4, 0.5) is 0 Å². The van der Waals surface area contributed by atoms with Gasteiger partial charge >= 0.3 is 0 Å². The van der Waals surface area contributed by atoms with Crippen LogP contribution in [0.5, 0.6) is 17.2 Å². The molecule has 5 heteroatoms. The number of ether oxygens (including phenoxy) is 2. The first-order valence-corrected chi connectivity index (χ1v) is 6.02. The Morgan fingerprint density at radius 2 is 1.80 bits per heavy atom. The van der Waals surface area contributed by atoms with Crippen molar-refractivity contribution in [2.24, 2.45) is 5.73 Å². The number of nitrogens with one attached hydrogen (secondary N) is 1. The number of amidine groups is 1. The molecule has 2 aromatic rings. The van der Waals surface area contributed by atoms with Crippen LogP contribution in [0.3, 0.4) is 0 Å². The first-order chi connectivity index (χ1) is 9.58. The number of methoxy groups -OCH3 is 1. The molecule has 0 saturated carbocycles. The third-order valence-electron chi connectivity index (χ3n) is 2.77. The number of hydrogen-bond donors (Lipinski definition) is 3. The molecule has 2 aromatic carbocycles. The number of phenols is 1. The number of nitrogen functional groups attached to an aromatic ring is 1. The van der Waals surface area contributed by atoms with E-state index in [4.69, 9.17) is 20.6 Å². The van der Waals surface area contributed by atoms with Gasteiger partial charge in [0.2, 0.25) is 0 Å². The first-order valence-electron chi connectivity index (χ1n) is 6.02. The standard InChI is InChI=1S/C15H16N2O3/c1-19-13-6-11(15(16)17)7-14(8-13)20-9-10-2-4-12(18)5-3-10/h2-8,18H,9H2,1H3,(H3,16,17). The average molecular weight is 272 g/mol. The lowest BCUT2D eigenvalue weighted by Crippen LogP contribution is -2.11. The van der Waals surface area contributed by atoms with Crippen molar-refractivity contribution in [1.82, 2.24) is 0 Å².